The number of benzene rings is 1. The summed E-state index contributed by atoms with van der Waals surface area (Å²) in [6, 6.07) is 9.12. The van der Waals surface area contributed by atoms with Gasteiger partial charge in [-0.15, -0.1) is 0 Å². The number of furan rings is 1. The average molecular weight is 355 g/mol. The second-order valence-corrected chi connectivity index (χ2v) is 6.26. The molecule has 1 amide bonds. The Hall–Kier alpha value is -1.26. The van der Waals surface area contributed by atoms with Gasteiger partial charge in [0.1, 0.15) is 5.76 Å². The Balaban J connectivity index is 1.75. The minimum atomic E-state index is 0.0160. The van der Waals surface area contributed by atoms with Gasteiger partial charge in [0, 0.05) is 34.1 Å². The molecule has 1 aromatic carbocycles. The van der Waals surface area contributed by atoms with Crippen molar-refractivity contribution in [1.29, 1.82) is 0 Å². The van der Waals surface area contributed by atoms with Crippen LogP contribution in [0.3, 0.4) is 0 Å². The Morgan fingerprint density at radius 3 is 2.95 bits per heavy atom. The van der Waals surface area contributed by atoms with Crippen LogP contribution in [0.25, 0.3) is 0 Å². The van der Waals surface area contributed by atoms with Crippen molar-refractivity contribution in [2.45, 2.75) is 12.3 Å². The molecule has 0 spiro atoms. The molecule has 0 saturated carbocycles. The molecule has 0 bridgehead atoms. The number of hydrogen-bond donors (Lipinski definition) is 0. The molecule has 1 unspecified atom stereocenters. The van der Waals surface area contributed by atoms with Crippen LogP contribution in [0.2, 0.25) is 5.02 Å². The monoisotopic (exact) mass is 353 g/mol. The molecule has 2 heterocycles. The molecule has 1 fully saturated rings. The lowest BCUT2D eigenvalue weighted by molar-refractivity contribution is 0.0790. The van der Waals surface area contributed by atoms with Gasteiger partial charge in [-0.05, 0) is 36.8 Å². The van der Waals surface area contributed by atoms with Crippen LogP contribution in [0.4, 0.5) is 0 Å². The molecule has 20 heavy (non-hydrogen) atoms. The second-order valence-electron chi connectivity index (χ2n) is 4.91. The fourth-order valence-corrected chi connectivity index (χ4v) is 3.42. The molecule has 1 aromatic heterocycles. The van der Waals surface area contributed by atoms with E-state index >= 15 is 0 Å². The Morgan fingerprint density at radius 2 is 2.25 bits per heavy atom. The molecule has 0 aliphatic carbocycles. The van der Waals surface area contributed by atoms with Gasteiger partial charge < -0.3 is 9.32 Å². The highest BCUT2D eigenvalue weighted by atomic mass is 79.9. The van der Waals surface area contributed by atoms with Crippen molar-refractivity contribution in [3.05, 3.63) is 57.4 Å². The van der Waals surface area contributed by atoms with Crippen molar-refractivity contribution in [3.8, 4) is 0 Å². The highest BCUT2D eigenvalue weighted by Gasteiger charge is 2.29. The first-order valence-electron chi connectivity index (χ1n) is 6.42. The Bertz CT molecular complexity index is 607. The Kier molecular flexibility index (Phi) is 3.85. The first-order chi connectivity index (χ1) is 9.63. The number of amides is 1. The zero-order chi connectivity index (χ0) is 14.1. The molecule has 3 nitrogen and oxygen atoms in total. The number of carbonyl (C=O) groups excluding carboxylic acids is 1. The Labute approximate surface area is 130 Å². The molecule has 1 saturated heterocycles. The van der Waals surface area contributed by atoms with E-state index in [2.05, 4.69) is 15.9 Å². The van der Waals surface area contributed by atoms with Crippen LogP contribution in [-0.4, -0.2) is 23.9 Å². The topological polar surface area (TPSA) is 33.5 Å². The molecular formula is C15H13BrClNO2. The normalized spacial score (nSPS) is 18.5. The minimum absolute atomic E-state index is 0.0160. The van der Waals surface area contributed by atoms with Crippen LogP contribution in [0, 0.1) is 0 Å². The van der Waals surface area contributed by atoms with Gasteiger partial charge in [0.25, 0.3) is 5.91 Å². The number of likely N-dealkylation sites (tertiary alicyclic amines) is 1. The maximum absolute atomic E-state index is 12.5. The number of rotatable bonds is 2. The summed E-state index contributed by atoms with van der Waals surface area (Å²) in [6.45, 7) is 1.44. The van der Waals surface area contributed by atoms with Crippen molar-refractivity contribution in [3.63, 3.8) is 0 Å². The third kappa shape index (κ3) is 2.76. The molecule has 5 heteroatoms. The second kappa shape index (κ2) is 5.62. The molecule has 0 radical (unpaired) electrons. The molecule has 104 valence electrons. The molecule has 2 aromatic rings. The quantitative estimate of drug-likeness (QED) is 0.804. The van der Waals surface area contributed by atoms with Gasteiger partial charge in [-0.3, -0.25) is 4.79 Å². The predicted molar refractivity (Wildman–Crippen MR) is 81.1 cm³/mol. The lowest BCUT2D eigenvalue weighted by Crippen LogP contribution is -2.28. The number of carbonyl (C=O) groups is 1. The minimum Gasteiger partial charge on any atom is -0.469 e. The van der Waals surface area contributed by atoms with Gasteiger partial charge in [0.15, 0.2) is 0 Å². The molecule has 0 N–H and O–H groups in total. The van der Waals surface area contributed by atoms with Gasteiger partial charge in [-0.1, -0.05) is 27.5 Å². The molecule has 1 aliphatic heterocycles. The molecular weight excluding hydrogens is 342 g/mol. The third-order valence-electron chi connectivity index (χ3n) is 3.53. The van der Waals surface area contributed by atoms with Crippen LogP contribution >= 0.6 is 27.5 Å². The van der Waals surface area contributed by atoms with E-state index in [1.165, 1.54) is 0 Å². The summed E-state index contributed by atoms with van der Waals surface area (Å²) in [5, 5.41) is 0.560. The summed E-state index contributed by atoms with van der Waals surface area (Å²) in [5.41, 5.74) is 0.615. The number of nitrogens with zero attached hydrogens (tertiary/aromatic N) is 1. The van der Waals surface area contributed by atoms with Crippen molar-refractivity contribution in [2.75, 3.05) is 13.1 Å². The van der Waals surface area contributed by atoms with E-state index < -0.39 is 0 Å². The summed E-state index contributed by atoms with van der Waals surface area (Å²) in [7, 11) is 0. The van der Waals surface area contributed by atoms with Crippen molar-refractivity contribution in [1.82, 2.24) is 4.90 Å². The average Bonchev–Trinajstić information content (AvgIpc) is 3.07. The summed E-state index contributed by atoms with van der Waals surface area (Å²) >= 11 is 9.36. The van der Waals surface area contributed by atoms with Crippen LogP contribution < -0.4 is 0 Å². The van der Waals surface area contributed by atoms with Gasteiger partial charge in [0.05, 0.1) is 6.26 Å². The van der Waals surface area contributed by atoms with Gasteiger partial charge in [0.2, 0.25) is 0 Å². The standard InChI is InChI=1S/C15H13BrClNO2/c16-12-6-11(7-13(17)8-12)15(19)18-4-3-10(9-18)14-2-1-5-20-14/h1-2,5-8,10H,3-4,9H2. The first kappa shape index (κ1) is 13.7. The van der Waals surface area contributed by atoms with Crippen LogP contribution in [0.15, 0.2) is 45.5 Å². The molecule has 3 rings (SSSR count). The largest absolute Gasteiger partial charge is 0.469 e. The summed E-state index contributed by atoms with van der Waals surface area (Å²) in [4.78, 5) is 14.3. The van der Waals surface area contributed by atoms with Crippen LogP contribution in [0.5, 0.6) is 0 Å². The van der Waals surface area contributed by atoms with E-state index in [1.807, 2.05) is 17.0 Å². The SMILES string of the molecule is O=C(c1cc(Cl)cc(Br)c1)N1CCC(c2ccco2)C1. The van der Waals surface area contributed by atoms with Crippen LogP contribution in [0.1, 0.15) is 28.5 Å². The Morgan fingerprint density at radius 1 is 1.40 bits per heavy atom. The lowest BCUT2D eigenvalue weighted by atomic mass is 10.1. The van der Waals surface area contributed by atoms with Crippen molar-refractivity contribution >= 4 is 33.4 Å². The highest BCUT2D eigenvalue weighted by molar-refractivity contribution is 9.10. The van der Waals surface area contributed by atoms with Gasteiger partial charge >= 0.3 is 0 Å². The van der Waals surface area contributed by atoms with Crippen LogP contribution in [-0.2, 0) is 0 Å². The molecule has 1 atom stereocenters. The fraction of sp³-hybridized carbons (Fsp3) is 0.267. The summed E-state index contributed by atoms with van der Waals surface area (Å²) < 4.78 is 6.24. The van der Waals surface area contributed by atoms with E-state index in [1.54, 1.807) is 24.5 Å². The summed E-state index contributed by atoms with van der Waals surface area (Å²) in [6.07, 6.45) is 2.61. The van der Waals surface area contributed by atoms with E-state index in [0.717, 1.165) is 23.2 Å². The highest BCUT2D eigenvalue weighted by Crippen LogP contribution is 2.29. The zero-order valence-electron chi connectivity index (χ0n) is 10.7. The fourth-order valence-electron chi connectivity index (χ4n) is 2.56. The number of halogens is 2. The number of hydrogen-bond acceptors (Lipinski definition) is 2. The smallest absolute Gasteiger partial charge is 0.253 e. The first-order valence-corrected chi connectivity index (χ1v) is 7.59. The van der Waals surface area contributed by atoms with Gasteiger partial charge in [-0.2, -0.15) is 0 Å². The zero-order valence-corrected chi connectivity index (χ0v) is 13.0. The molecule has 1 aliphatic rings. The predicted octanol–water partition coefficient (Wildman–Crippen LogP) is 4.33. The van der Waals surface area contributed by atoms with Gasteiger partial charge in [-0.25, -0.2) is 0 Å². The van der Waals surface area contributed by atoms with E-state index in [4.69, 9.17) is 16.0 Å². The summed E-state index contributed by atoms with van der Waals surface area (Å²) in [5.74, 6) is 1.26. The maximum Gasteiger partial charge on any atom is 0.253 e. The van der Waals surface area contributed by atoms with E-state index in [-0.39, 0.29) is 11.8 Å². The van der Waals surface area contributed by atoms with Crippen molar-refractivity contribution in [2.24, 2.45) is 0 Å². The van der Waals surface area contributed by atoms with E-state index in [9.17, 15) is 4.79 Å². The lowest BCUT2D eigenvalue weighted by Gasteiger charge is -2.16. The third-order valence-corrected chi connectivity index (χ3v) is 4.21. The van der Waals surface area contributed by atoms with E-state index in [0.29, 0.717) is 17.1 Å². The maximum atomic E-state index is 12.5. The van der Waals surface area contributed by atoms with Crippen molar-refractivity contribution < 1.29 is 9.21 Å².